The molecule has 0 saturated heterocycles. The van der Waals surface area contributed by atoms with Crippen LogP contribution in [-0.2, 0) is 0 Å². The second kappa shape index (κ2) is 16.8. The Morgan fingerprint density at radius 1 is 0.290 bits per heavy atom. The van der Waals surface area contributed by atoms with Crippen LogP contribution in [0.3, 0.4) is 0 Å². The quantitative estimate of drug-likeness (QED) is 0.0815. The van der Waals surface area contributed by atoms with Crippen LogP contribution in [0.15, 0.2) is 277 Å². The van der Waals surface area contributed by atoms with Gasteiger partial charge in [0.1, 0.15) is 5.58 Å². The van der Waals surface area contributed by atoms with E-state index >= 15 is 0 Å². The van der Waals surface area contributed by atoms with Gasteiger partial charge in [0.25, 0.3) is 0 Å². The van der Waals surface area contributed by atoms with Crippen LogP contribution in [0.5, 0.6) is 0 Å². The van der Waals surface area contributed by atoms with Gasteiger partial charge >= 0.3 is 0 Å². The third kappa shape index (κ3) is 6.70. The molecule has 0 bridgehead atoms. The number of hydrogen-bond donors (Lipinski definition) is 0. The van der Waals surface area contributed by atoms with Gasteiger partial charge in [-0.3, -0.25) is 0 Å². The van der Waals surface area contributed by atoms with Gasteiger partial charge in [0.05, 0.1) is 5.69 Å². The summed E-state index contributed by atoms with van der Waals surface area (Å²) in [6.45, 7) is 0. The molecule has 13 rings (SSSR count). The highest BCUT2D eigenvalue weighted by molar-refractivity contribution is 7.19. The maximum atomic E-state index is 7.28. The van der Waals surface area contributed by atoms with Crippen LogP contribution in [-0.4, -0.2) is 8.07 Å². The molecule has 69 heavy (non-hydrogen) atoms. The molecule has 0 amide bonds. The third-order valence-corrected chi connectivity index (χ3v) is 19.0. The molecule has 3 heteroatoms. The zero-order valence-electron chi connectivity index (χ0n) is 37.8. The maximum absolute atomic E-state index is 7.28. The molecule has 0 fully saturated rings. The lowest BCUT2D eigenvalue weighted by Crippen LogP contribution is -2.74. The van der Waals surface area contributed by atoms with Gasteiger partial charge in [-0.25, -0.2) is 0 Å². The lowest BCUT2D eigenvalue weighted by Gasteiger charge is -2.35. The number of rotatable bonds is 9. The van der Waals surface area contributed by atoms with Crippen molar-refractivity contribution in [3.8, 4) is 22.3 Å². The highest BCUT2D eigenvalue weighted by atomic mass is 28.3. The Kier molecular flexibility index (Phi) is 9.88. The standard InChI is InChI=1S/C66H45NOSi/c1-5-19-46(20-6-1)57-43-44-63(66-64(57)61-42-35-47-21-13-16-30-58(47)65(61)68-66)67(50-36-33-48(34-37-50)62-45-49-22-14-15-29-56(49)59-31-17-18-32-60(59)62)51-38-40-55(41-39-51)69(52-23-7-2-8-24-52,53-25-9-3-10-26-53)54-27-11-4-12-28-54/h1-45H. The van der Waals surface area contributed by atoms with Crippen molar-refractivity contribution in [3.05, 3.63) is 273 Å². The molecule has 0 radical (unpaired) electrons. The first kappa shape index (κ1) is 40.5. The van der Waals surface area contributed by atoms with E-state index in [2.05, 4.69) is 278 Å². The summed E-state index contributed by atoms with van der Waals surface area (Å²) >= 11 is 0. The summed E-state index contributed by atoms with van der Waals surface area (Å²) in [5.74, 6) is 0. The fourth-order valence-corrected chi connectivity index (χ4v) is 15.8. The number of hydrogen-bond acceptors (Lipinski definition) is 2. The molecule has 0 atom stereocenters. The molecule has 1 aromatic heterocycles. The molecule has 0 aliphatic carbocycles. The molecule has 0 saturated carbocycles. The zero-order valence-corrected chi connectivity index (χ0v) is 38.8. The van der Waals surface area contributed by atoms with E-state index in [9.17, 15) is 0 Å². The SMILES string of the molecule is c1ccc(-c2ccc(N(c3ccc(-c4cc5ccccc5c5ccccc45)cc3)c3ccc([Si](c4ccccc4)(c4ccccc4)c4ccccc4)cc3)c3oc4c5ccccc5ccc4c23)cc1. The Hall–Kier alpha value is -8.76. The predicted molar refractivity (Wildman–Crippen MR) is 295 cm³/mol. The lowest BCUT2D eigenvalue weighted by molar-refractivity contribution is 0.673. The fraction of sp³-hybridized carbons (Fsp3) is 0. The number of furan rings is 1. The largest absolute Gasteiger partial charge is 0.453 e. The van der Waals surface area contributed by atoms with Gasteiger partial charge in [-0.2, -0.15) is 0 Å². The molecule has 0 aliphatic heterocycles. The topological polar surface area (TPSA) is 16.4 Å². The minimum absolute atomic E-state index is 0.845. The summed E-state index contributed by atoms with van der Waals surface area (Å²) in [6, 6.07) is 100. The van der Waals surface area contributed by atoms with E-state index in [0.717, 1.165) is 60.9 Å². The first-order valence-corrected chi connectivity index (χ1v) is 25.7. The Bertz CT molecular complexity index is 3880. The molecular weight excluding hydrogens is 851 g/mol. The Morgan fingerprint density at radius 3 is 1.39 bits per heavy atom. The monoisotopic (exact) mass is 895 g/mol. The minimum atomic E-state index is -2.78. The highest BCUT2D eigenvalue weighted by Gasteiger charge is 2.41. The predicted octanol–water partition coefficient (Wildman–Crippen LogP) is 15.2. The maximum Gasteiger partial charge on any atom is 0.179 e. The van der Waals surface area contributed by atoms with Gasteiger partial charge in [-0.05, 0) is 112 Å². The summed E-state index contributed by atoms with van der Waals surface area (Å²) in [5.41, 5.74) is 9.46. The first-order chi connectivity index (χ1) is 34.2. The minimum Gasteiger partial charge on any atom is -0.453 e. The van der Waals surface area contributed by atoms with E-state index in [-0.39, 0.29) is 0 Å². The van der Waals surface area contributed by atoms with Crippen molar-refractivity contribution >= 4 is 100 Å². The second-order valence-electron chi connectivity index (χ2n) is 17.9. The summed E-state index contributed by atoms with van der Waals surface area (Å²) in [5, 5.41) is 14.8. The van der Waals surface area contributed by atoms with Crippen LogP contribution in [0, 0.1) is 0 Å². The van der Waals surface area contributed by atoms with Crippen molar-refractivity contribution in [2.75, 3.05) is 4.90 Å². The Labute approximate surface area is 402 Å². The van der Waals surface area contributed by atoms with Crippen molar-refractivity contribution in [1.82, 2.24) is 0 Å². The van der Waals surface area contributed by atoms with Crippen LogP contribution in [0.4, 0.5) is 17.1 Å². The third-order valence-electron chi connectivity index (χ3n) is 14.2. The van der Waals surface area contributed by atoms with E-state index in [4.69, 9.17) is 4.42 Å². The molecule has 0 unspecified atom stereocenters. The molecule has 1 heterocycles. The van der Waals surface area contributed by atoms with Gasteiger partial charge in [0, 0.05) is 27.5 Å². The van der Waals surface area contributed by atoms with Crippen molar-refractivity contribution < 1.29 is 4.42 Å². The summed E-state index contributed by atoms with van der Waals surface area (Å²) in [7, 11) is -2.78. The van der Waals surface area contributed by atoms with Gasteiger partial charge in [0.2, 0.25) is 0 Å². The first-order valence-electron chi connectivity index (χ1n) is 23.7. The van der Waals surface area contributed by atoms with Crippen molar-refractivity contribution in [2.24, 2.45) is 0 Å². The molecule has 0 N–H and O–H groups in total. The molecule has 0 spiro atoms. The van der Waals surface area contributed by atoms with Gasteiger partial charge < -0.3 is 9.32 Å². The fourth-order valence-electron chi connectivity index (χ4n) is 11.1. The molecular formula is C66H45NOSi. The molecule has 2 nitrogen and oxygen atoms in total. The number of benzene rings is 12. The number of anilines is 3. The Balaban J connectivity index is 1.05. The van der Waals surface area contributed by atoms with Gasteiger partial charge in [0.15, 0.2) is 13.7 Å². The average Bonchev–Trinajstić information content (AvgIpc) is 3.84. The molecule has 13 aromatic rings. The van der Waals surface area contributed by atoms with Gasteiger partial charge in [-0.1, -0.05) is 231 Å². The highest BCUT2D eigenvalue weighted by Crippen LogP contribution is 2.47. The molecule has 324 valence electrons. The van der Waals surface area contributed by atoms with Crippen LogP contribution >= 0.6 is 0 Å². The van der Waals surface area contributed by atoms with Crippen molar-refractivity contribution in [3.63, 3.8) is 0 Å². The van der Waals surface area contributed by atoms with Crippen LogP contribution in [0.1, 0.15) is 0 Å². The van der Waals surface area contributed by atoms with E-state index < -0.39 is 8.07 Å². The van der Waals surface area contributed by atoms with Crippen molar-refractivity contribution in [1.29, 1.82) is 0 Å². The van der Waals surface area contributed by atoms with Crippen LogP contribution < -0.4 is 25.6 Å². The number of nitrogens with zero attached hydrogens (tertiary/aromatic N) is 1. The molecule has 0 aliphatic rings. The molecule has 12 aromatic carbocycles. The van der Waals surface area contributed by atoms with E-state index in [0.29, 0.717) is 0 Å². The average molecular weight is 896 g/mol. The summed E-state index contributed by atoms with van der Waals surface area (Å²) < 4.78 is 7.28. The van der Waals surface area contributed by atoms with Crippen LogP contribution in [0.25, 0.3) is 76.5 Å². The van der Waals surface area contributed by atoms with Crippen molar-refractivity contribution in [2.45, 2.75) is 0 Å². The summed E-state index contributed by atoms with van der Waals surface area (Å²) in [4.78, 5) is 2.39. The van der Waals surface area contributed by atoms with E-state index in [1.807, 2.05) is 0 Å². The zero-order chi connectivity index (χ0) is 45.7. The number of fused-ring (bicyclic) bond motifs is 8. The second-order valence-corrected chi connectivity index (χ2v) is 21.7. The Morgan fingerprint density at radius 2 is 0.768 bits per heavy atom. The normalized spacial score (nSPS) is 11.8. The van der Waals surface area contributed by atoms with Gasteiger partial charge in [-0.15, -0.1) is 0 Å². The summed E-state index contributed by atoms with van der Waals surface area (Å²) in [6.07, 6.45) is 0. The van der Waals surface area contributed by atoms with E-state index in [1.54, 1.807) is 0 Å². The lowest BCUT2D eigenvalue weighted by atomic mass is 9.93. The van der Waals surface area contributed by atoms with E-state index in [1.165, 1.54) is 53.4 Å². The smallest absolute Gasteiger partial charge is 0.179 e. The van der Waals surface area contributed by atoms with Crippen LogP contribution in [0.2, 0.25) is 0 Å².